The summed E-state index contributed by atoms with van der Waals surface area (Å²) in [6.07, 6.45) is 11.6. The summed E-state index contributed by atoms with van der Waals surface area (Å²) in [6, 6.07) is 24.5. The molecule has 8 heteroatoms. The predicted molar refractivity (Wildman–Crippen MR) is 174 cm³/mol. The lowest BCUT2D eigenvalue weighted by atomic mass is 9.83. The molecule has 2 aliphatic carbocycles. The quantitative estimate of drug-likeness (QED) is 0.177. The molecule has 208 valence electrons. The SMILES string of the molecule is Brc1ccc2c(c1)CN=C2.Brc1ccc2cnn(-c3cccc(C4CCC4)n3)c2c1.Clc1cccc(C2CCC2)n1. The molecular weight excluding hydrogens is 662 g/mol. The van der Waals surface area contributed by atoms with Crippen LogP contribution in [0.1, 0.15) is 72.9 Å². The smallest absolute Gasteiger partial charge is 0.154 e. The molecule has 0 unspecified atom stereocenters. The Hall–Kier alpha value is -2.87. The number of hydrogen-bond donors (Lipinski definition) is 0. The van der Waals surface area contributed by atoms with Gasteiger partial charge in [-0.1, -0.05) is 80.6 Å². The Labute approximate surface area is 262 Å². The molecule has 0 saturated heterocycles. The average Bonchev–Trinajstić information content (AvgIpc) is 3.54. The maximum Gasteiger partial charge on any atom is 0.154 e. The Bertz CT molecular complexity index is 1690. The zero-order valence-corrected chi connectivity index (χ0v) is 26.5. The zero-order valence-electron chi connectivity index (χ0n) is 22.6. The Morgan fingerprint density at radius 3 is 2.15 bits per heavy atom. The normalized spacial score (nSPS) is 15.7. The lowest BCUT2D eigenvalue weighted by molar-refractivity contribution is 0.411. The Morgan fingerprint density at radius 1 is 0.756 bits per heavy atom. The zero-order chi connectivity index (χ0) is 28.2. The summed E-state index contributed by atoms with van der Waals surface area (Å²) in [5.41, 5.74) is 6.02. The molecule has 3 aliphatic rings. The lowest BCUT2D eigenvalue weighted by Crippen LogP contribution is -2.12. The second-order valence-electron chi connectivity index (χ2n) is 10.6. The van der Waals surface area contributed by atoms with E-state index in [0.717, 1.165) is 32.2 Å². The van der Waals surface area contributed by atoms with E-state index in [1.165, 1.54) is 61.0 Å². The van der Waals surface area contributed by atoms with E-state index in [-0.39, 0.29) is 0 Å². The highest BCUT2D eigenvalue weighted by atomic mass is 79.9. The van der Waals surface area contributed by atoms with Gasteiger partial charge in [0.15, 0.2) is 5.82 Å². The topological polar surface area (TPSA) is 56.0 Å². The van der Waals surface area contributed by atoms with Gasteiger partial charge in [0.2, 0.25) is 0 Å². The van der Waals surface area contributed by atoms with Crippen LogP contribution < -0.4 is 0 Å². The van der Waals surface area contributed by atoms with Crippen molar-refractivity contribution < 1.29 is 0 Å². The Kier molecular flexibility index (Phi) is 8.94. The predicted octanol–water partition coefficient (Wildman–Crippen LogP) is 9.83. The molecule has 41 heavy (non-hydrogen) atoms. The first-order valence-electron chi connectivity index (χ1n) is 14.0. The van der Waals surface area contributed by atoms with Crippen molar-refractivity contribution in [3.05, 3.63) is 116 Å². The molecule has 0 N–H and O–H groups in total. The largest absolute Gasteiger partial charge is 0.288 e. The number of halogens is 3. The first-order valence-corrected chi connectivity index (χ1v) is 16.0. The average molecular weight is 692 g/mol. The lowest BCUT2D eigenvalue weighted by Gasteiger charge is -2.24. The fourth-order valence-electron chi connectivity index (χ4n) is 5.10. The van der Waals surface area contributed by atoms with Gasteiger partial charge in [-0.25, -0.2) is 14.6 Å². The van der Waals surface area contributed by atoms with Crippen molar-refractivity contribution in [2.24, 2.45) is 4.99 Å². The van der Waals surface area contributed by atoms with Crippen LogP contribution in [0.3, 0.4) is 0 Å². The second kappa shape index (κ2) is 13.0. The Morgan fingerprint density at radius 2 is 1.44 bits per heavy atom. The third-order valence-electron chi connectivity index (χ3n) is 7.89. The maximum atomic E-state index is 5.76. The van der Waals surface area contributed by atoms with Crippen molar-refractivity contribution in [1.82, 2.24) is 19.7 Å². The monoisotopic (exact) mass is 689 g/mol. The molecule has 1 aliphatic heterocycles. The number of pyridine rings is 2. The van der Waals surface area contributed by atoms with Crippen molar-refractivity contribution >= 4 is 60.6 Å². The van der Waals surface area contributed by atoms with Gasteiger partial charge in [0.25, 0.3) is 0 Å². The highest BCUT2D eigenvalue weighted by molar-refractivity contribution is 9.10. The second-order valence-corrected chi connectivity index (χ2v) is 12.9. The number of nitrogens with zero attached hydrogens (tertiary/aromatic N) is 5. The van der Waals surface area contributed by atoms with E-state index in [0.29, 0.717) is 17.0 Å². The van der Waals surface area contributed by atoms with Gasteiger partial charge in [-0.2, -0.15) is 5.10 Å². The van der Waals surface area contributed by atoms with Gasteiger partial charge in [-0.15, -0.1) is 0 Å². The molecular formula is C33H30Br2ClN5. The molecule has 0 bridgehead atoms. The summed E-state index contributed by atoms with van der Waals surface area (Å²) in [5.74, 6) is 2.24. The third-order valence-corrected chi connectivity index (χ3v) is 9.08. The van der Waals surface area contributed by atoms with E-state index >= 15 is 0 Å². The maximum absolute atomic E-state index is 5.76. The number of aromatic nitrogens is 4. The fraction of sp³-hybridized carbons (Fsp3) is 0.273. The van der Waals surface area contributed by atoms with Crippen LogP contribution >= 0.6 is 43.5 Å². The highest BCUT2D eigenvalue weighted by Crippen LogP contribution is 2.36. The number of benzene rings is 2. The van der Waals surface area contributed by atoms with Crippen LogP contribution in [0, 0.1) is 0 Å². The third kappa shape index (κ3) is 6.79. The highest BCUT2D eigenvalue weighted by Gasteiger charge is 2.21. The molecule has 0 radical (unpaired) electrons. The van der Waals surface area contributed by atoms with Crippen LogP contribution in [0.15, 0.2) is 92.9 Å². The van der Waals surface area contributed by atoms with Gasteiger partial charge in [0, 0.05) is 43.8 Å². The first-order chi connectivity index (χ1) is 20.0. The summed E-state index contributed by atoms with van der Waals surface area (Å²) >= 11 is 12.7. The molecule has 3 aromatic heterocycles. The Balaban J connectivity index is 0.000000122. The van der Waals surface area contributed by atoms with E-state index in [1.807, 2.05) is 47.4 Å². The standard InChI is InChI=1S/C16H14BrN3.C9H10ClN.C8H6BrN/c17-13-8-7-12-10-18-20(15(12)9-13)16-6-2-5-14(19-16)11-3-1-4-11;10-9-6-2-5-8(11-9)7-3-1-4-7;9-8-2-1-6-4-10-5-7(6)3-8/h2,5-11H,1,3-4H2;2,5-7H,1,3-4H2;1-4H,5H2. The summed E-state index contributed by atoms with van der Waals surface area (Å²) in [4.78, 5) is 13.2. The van der Waals surface area contributed by atoms with Gasteiger partial charge in [-0.05, 0) is 85.3 Å². The van der Waals surface area contributed by atoms with Gasteiger partial charge in [-0.3, -0.25) is 4.99 Å². The molecule has 2 saturated carbocycles. The summed E-state index contributed by atoms with van der Waals surface area (Å²) in [7, 11) is 0. The van der Waals surface area contributed by atoms with Gasteiger partial charge in [0.05, 0.1) is 18.3 Å². The molecule has 8 rings (SSSR count). The number of fused-ring (bicyclic) bond motifs is 2. The van der Waals surface area contributed by atoms with E-state index in [9.17, 15) is 0 Å². The first kappa shape index (κ1) is 28.3. The van der Waals surface area contributed by atoms with Gasteiger partial charge in [0.1, 0.15) is 5.15 Å². The minimum absolute atomic E-state index is 0.620. The van der Waals surface area contributed by atoms with E-state index in [2.05, 4.69) is 89.4 Å². The number of aliphatic imine (C=N–C) groups is 1. The van der Waals surface area contributed by atoms with Crippen LogP contribution in [0.25, 0.3) is 16.7 Å². The molecule has 4 heterocycles. The minimum Gasteiger partial charge on any atom is -0.288 e. The molecule has 5 nitrogen and oxygen atoms in total. The van der Waals surface area contributed by atoms with Crippen LogP contribution in [0.2, 0.25) is 5.15 Å². The molecule has 5 aromatic rings. The van der Waals surface area contributed by atoms with Gasteiger partial charge < -0.3 is 0 Å². The van der Waals surface area contributed by atoms with Crippen LogP contribution in [0.4, 0.5) is 0 Å². The molecule has 0 atom stereocenters. The summed E-state index contributed by atoms with van der Waals surface area (Å²) in [6.45, 7) is 0.842. The van der Waals surface area contributed by atoms with Gasteiger partial charge >= 0.3 is 0 Å². The molecule has 0 spiro atoms. The van der Waals surface area contributed by atoms with Crippen molar-refractivity contribution in [2.75, 3.05) is 0 Å². The fourth-order valence-corrected chi connectivity index (χ4v) is 6.03. The number of rotatable bonds is 3. The molecule has 2 fully saturated rings. The van der Waals surface area contributed by atoms with Crippen LogP contribution in [0.5, 0.6) is 0 Å². The molecule has 2 aromatic carbocycles. The van der Waals surface area contributed by atoms with E-state index in [1.54, 1.807) is 0 Å². The van der Waals surface area contributed by atoms with Crippen molar-refractivity contribution in [2.45, 2.75) is 56.9 Å². The van der Waals surface area contributed by atoms with Crippen molar-refractivity contribution in [3.8, 4) is 5.82 Å². The summed E-state index contributed by atoms with van der Waals surface area (Å²) in [5, 5.41) is 6.23. The van der Waals surface area contributed by atoms with E-state index in [4.69, 9.17) is 16.6 Å². The van der Waals surface area contributed by atoms with Crippen LogP contribution in [-0.2, 0) is 6.54 Å². The summed E-state index contributed by atoms with van der Waals surface area (Å²) < 4.78 is 4.11. The van der Waals surface area contributed by atoms with E-state index < -0.39 is 0 Å². The van der Waals surface area contributed by atoms with Crippen molar-refractivity contribution in [1.29, 1.82) is 0 Å². The van der Waals surface area contributed by atoms with Crippen molar-refractivity contribution in [3.63, 3.8) is 0 Å². The number of hydrogen-bond acceptors (Lipinski definition) is 4. The van der Waals surface area contributed by atoms with Crippen LogP contribution in [-0.4, -0.2) is 26.0 Å². The molecule has 0 amide bonds. The minimum atomic E-state index is 0.620.